The van der Waals surface area contributed by atoms with Gasteiger partial charge in [-0.15, -0.1) is 0 Å². The van der Waals surface area contributed by atoms with Crippen LogP contribution in [0.2, 0.25) is 0 Å². The zero-order chi connectivity index (χ0) is 11.5. The first-order valence-corrected chi connectivity index (χ1v) is 5.62. The lowest BCUT2D eigenvalue weighted by molar-refractivity contribution is 0.790. The summed E-state index contributed by atoms with van der Waals surface area (Å²) in [6.45, 7) is 6.12. The lowest BCUT2D eigenvalue weighted by Crippen LogP contribution is -2.29. The molecule has 82 valence electrons. The van der Waals surface area contributed by atoms with E-state index in [1.807, 2.05) is 13.0 Å². The highest BCUT2D eigenvalue weighted by Gasteiger charge is 2.14. The highest BCUT2D eigenvalue weighted by molar-refractivity contribution is 5.61. The van der Waals surface area contributed by atoms with E-state index in [9.17, 15) is 0 Å². The maximum atomic E-state index is 9.15. The van der Waals surface area contributed by atoms with E-state index in [1.165, 1.54) is 5.57 Å². The number of anilines is 1. The van der Waals surface area contributed by atoms with Gasteiger partial charge in [0.25, 0.3) is 0 Å². The van der Waals surface area contributed by atoms with Gasteiger partial charge >= 0.3 is 0 Å². The largest absolute Gasteiger partial charge is 0.366 e. The lowest BCUT2D eigenvalue weighted by Gasteiger charge is -2.29. The van der Waals surface area contributed by atoms with Crippen LogP contribution in [-0.4, -0.2) is 13.1 Å². The molecule has 1 aromatic rings. The van der Waals surface area contributed by atoms with Crippen LogP contribution in [0.1, 0.15) is 24.5 Å². The monoisotopic (exact) mass is 212 g/mol. The predicted octanol–water partition coefficient (Wildman–Crippen LogP) is 3.02. The maximum absolute atomic E-state index is 9.15. The Morgan fingerprint density at radius 2 is 2.12 bits per heavy atom. The van der Waals surface area contributed by atoms with Crippen molar-refractivity contribution >= 4 is 5.69 Å². The van der Waals surface area contributed by atoms with Crippen molar-refractivity contribution in [2.75, 3.05) is 18.0 Å². The highest BCUT2D eigenvalue weighted by atomic mass is 15.1. The molecule has 0 spiro atoms. The minimum Gasteiger partial charge on any atom is -0.366 e. The Hall–Kier alpha value is -1.75. The van der Waals surface area contributed by atoms with Gasteiger partial charge in [0.1, 0.15) is 6.07 Å². The summed E-state index contributed by atoms with van der Waals surface area (Å²) in [5, 5.41) is 9.15. The third-order valence-corrected chi connectivity index (χ3v) is 2.95. The van der Waals surface area contributed by atoms with Crippen molar-refractivity contribution in [3.8, 4) is 6.07 Å². The van der Waals surface area contributed by atoms with Crippen LogP contribution in [0.25, 0.3) is 0 Å². The van der Waals surface area contributed by atoms with E-state index in [4.69, 9.17) is 5.26 Å². The van der Waals surface area contributed by atoms with E-state index in [2.05, 4.69) is 36.1 Å². The Morgan fingerprint density at radius 1 is 1.31 bits per heavy atom. The second-order valence-electron chi connectivity index (χ2n) is 4.39. The van der Waals surface area contributed by atoms with Crippen LogP contribution in [-0.2, 0) is 0 Å². The van der Waals surface area contributed by atoms with Crippen molar-refractivity contribution in [2.24, 2.45) is 0 Å². The highest BCUT2D eigenvalue weighted by Crippen LogP contribution is 2.24. The predicted molar refractivity (Wildman–Crippen MR) is 66.5 cm³/mol. The SMILES string of the molecule is CC1=CCCN(c2ccc(C)cc2C#N)C1. The molecule has 0 aliphatic carbocycles. The molecule has 0 saturated heterocycles. The average molecular weight is 212 g/mol. The third kappa shape index (κ3) is 2.09. The number of nitrogens with zero attached hydrogens (tertiary/aromatic N) is 2. The van der Waals surface area contributed by atoms with Crippen LogP contribution >= 0.6 is 0 Å². The first-order chi connectivity index (χ1) is 7.70. The van der Waals surface area contributed by atoms with Gasteiger partial charge in [0.2, 0.25) is 0 Å². The number of aryl methyl sites for hydroxylation is 1. The zero-order valence-corrected chi connectivity index (χ0v) is 9.83. The number of hydrogen-bond acceptors (Lipinski definition) is 2. The fourth-order valence-corrected chi connectivity index (χ4v) is 2.13. The van der Waals surface area contributed by atoms with E-state index in [-0.39, 0.29) is 0 Å². The molecule has 0 saturated carbocycles. The molecular formula is C14H16N2. The molecule has 0 unspecified atom stereocenters. The zero-order valence-electron chi connectivity index (χ0n) is 9.83. The Labute approximate surface area is 96.8 Å². The van der Waals surface area contributed by atoms with Crippen molar-refractivity contribution in [1.29, 1.82) is 5.26 Å². The quantitative estimate of drug-likeness (QED) is 0.669. The molecule has 0 aromatic heterocycles. The molecule has 2 nitrogen and oxygen atoms in total. The van der Waals surface area contributed by atoms with E-state index in [1.54, 1.807) is 0 Å². The van der Waals surface area contributed by atoms with Gasteiger partial charge in [0.05, 0.1) is 11.3 Å². The average Bonchev–Trinajstić information content (AvgIpc) is 2.28. The van der Waals surface area contributed by atoms with Crippen molar-refractivity contribution in [3.63, 3.8) is 0 Å². The Balaban J connectivity index is 2.34. The second-order valence-corrected chi connectivity index (χ2v) is 4.39. The maximum Gasteiger partial charge on any atom is 0.101 e. The molecule has 0 amide bonds. The smallest absolute Gasteiger partial charge is 0.101 e. The van der Waals surface area contributed by atoms with Gasteiger partial charge in [-0.1, -0.05) is 17.7 Å². The third-order valence-electron chi connectivity index (χ3n) is 2.95. The van der Waals surface area contributed by atoms with Gasteiger partial charge in [-0.25, -0.2) is 0 Å². The Kier molecular flexibility index (Phi) is 2.96. The van der Waals surface area contributed by atoms with Crippen molar-refractivity contribution < 1.29 is 0 Å². The van der Waals surface area contributed by atoms with Crippen LogP contribution in [0.5, 0.6) is 0 Å². The Bertz CT molecular complexity index is 466. The first kappa shape index (κ1) is 10.8. The molecule has 1 aliphatic heterocycles. The van der Waals surface area contributed by atoms with Crippen molar-refractivity contribution in [3.05, 3.63) is 41.0 Å². The molecule has 2 rings (SSSR count). The van der Waals surface area contributed by atoms with Crippen LogP contribution in [0, 0.1) is 18.3 Å². The van der Waals surface area contributed by atoms with E-state index >= 15 is 0 Å². The van der Waals surface area contributed by atoms with Crippen molar-refractivity contribution in [1.82, 2.24) is 0 Å². The molecule has 0 N–H and O–H groups in total. The van der Waals surface area contributed by atoms with E-state index in [0.29, 0.717) is 0 Å². The van der Waals surface area contributed by atoms with Crippen LogP contribution in [0.3, 0.4) is 0 Å². The summed E-state index contributed by atoms with van der Waals surface area (Å²) in [6.07, 6.45) is 3.35. The van der Waals surface area contributed by atoms with Gasteiger partial charge in [-0.05, 0) is 38.0 Å². The van der Waals surface area contributed by atoms with E-state index < -0.39 is 0 Å². The molecular weight excluding hydrogens is 196 g/mol. The minimum absolute atomic E-state index is 0.787. The molecule has 0 fully saturated rings. The van der Waals surface area contributed by atoms with Crippen LogP contribution < -0.4 is 4.90 Å². The number of benzene rings is 1. The number of nitriles is 1. The molecule has 0 bridgehead atoms. The van der Waals surface area contributed by atoms with Gasteiger partial charge in [-0.2, -0.15) is 5.26 Å². The van der Waals surface area contributed by atoms with Crippen LogP contribution in [0.4, 0.5) is 5.69 Å². The molecule has 1 aromatic carbocycles. The van der Waals surface area contributed by atoms with Crippen molar-refractivity contribution in [2.45, 2.75) is 20.3 Å². The standard InChI is InChI=1S/C14H16N2/c1-11-5-6-14(13(8-11)9-15)16-7-3-4-12(2)10-16/h4-6,8H,3,7,10H2,1-2H3. The molecule has 16 heavy (non-hydrogen) atoms. The topological polar surface area (TPSA) is 27.0 Å². The number of hydrogen-bond donors (Lipinski definition) is 0. The summed E-state index contributed by atoms with van der Waals surface area (Å²) in [5.74, 6) is 0. The normalized spacial score (nSPS) is 15.6. The van der Waals surface area contributed by atoms with Gasteiger partial charge < -0.3 is 4.90 Å². The fraction of sp³-hybridized carbons (Fsp3) is 0.357. The molecule has 0 radical (unpaired) electrons. The fourth-order valence-electron chi connectivity index (χ4n) is 2.13. The molecule has 0 atom stereocenters. The summed E-state index contributed by atoms with van der Waals surface area (Å²) < 4.78 is 0. The van der Waals surface area contributed by atoms with Gasteiger partial charge in [-0.3, -0.25) is 0 Å². The minimum atomic E-state index is 0.787. The second kappa shape index (κ2) is 4.40. The summed E-state index contributed by atoms with van der Waals surface area (Å²) in [7, 11) is 0. The lowest BCUT2D eigenvalue weighted by atomic mass is 10.1. The molecule has 1 heterocycles. The molecule has 1 aliphatic rings. The summed E-state index contributed by atoms with van der Waals surface area (Å²) in [6, 6.07) is 8.38. The van der Waals surface area contributed by atoms with Gasteiger partial charge in [0.15, 0.2) is 0 Å². The Morgan fingerprint density at radius 3 is 2.81 bits per heavy atom. The van der Waals surface area contributed by atoms with E-state index in [0.717, 1.165) is 36.3 Å². The van der Waals surface area contributed by atoms with Crippen LogP contribution in [0.15, 0.2) is 29.8 Å². The number of rotatable bonds is 1. The summed E-state index contributed by atoms with van der Waals surface area (Å²) in [5.41, 5.74) is 4.38. The summed E-state index contributed by atoms with van der Waals surface area (Å²) >= 11 is 0. The summed E-state index contributed by atoms with van der Waals surface area (Å²) in [4.78, 5) is 2.29. The van der Waals surface area contributed by atoms with Gasteiger partial charge in [0, 0.05) is 13.1 Å². The molecule has 2 heteroatoms. The first-order valence-electron chi connectivity index (χ1n) is 5.62.